The Balaban J connectivity index is 0.000000165. The molecular formula is C96H163F4O41P7. The molecule has 0 aromatic heterocycles. The lowest BCUT2D eigenvalue weighted by Crippen LogP contribution is -2.66. The largest absolute Gasteiger partial charge is 0.481 e. The van der Waals surface area contributed by atoms with Gasteiger partial charge in [0.25, 0.3) is 0 Å². The van der Waals surface area contributed by atoms with E-state index in [2.05, 4.69) is 6.92 Å². The quantitative estimate of drug-likeness (QED) is 0.0235. The highest BCUT2D eigenvalue weighted by atomic mass is 31.2. The predicted molar refractivity (Wildman–Crippen MR) is 517 cm³/mol. The molecule has 0 aromatic rings. The summed E-state index contributed by atoms with van der Waals surface area (Å²) in [6.07, 6.45) is 3.62. The maximum atomic E-state index is 17.1. The lowest BCUT2D eigenvalue weighted by Gasteiger charge is -2.65. The predicted octanol–water partition coefficient (Wildman–Crippen LogP) is 15.8. The summed E-state index contributed by atoms with van der Waals surface area (Å²) in [6.45, 7) is 23.1. The summed E-state index contributed by atoms with van der Waals surface area (Å²) >= 11 is 0. The molecule has 41 nitrogen and oxygen atoms in total. The first-order valence-corrected chi connectivity index (χ1v) is 63.5. The number of alkyl halides is 4. The number of carboxylic acid groups (broad SMARTS) is 4. The van der Waals surface area contributed by atoms with E-state index >= 15 is 17.6 Å². The number of phosphoric ester groups is 7. The van der Waals surface area contributed by atoms with Gasteiger partial charge < -0.3 is 114 Å². The highest BCUT2D eigenvalue weighted by molar-refractivity contribution is 7.47. The second kappa shape index (κ2) is 43.6. The zero-order valence-electron chi connectivity index (χ0n) is 86.2. The number of carbonyl (C=O) groups is 4. The minimum atomic E-state index is -5.27. The van der Waals surface area contributed by atoms with Gasteiger partial charge in [-0.25, -0.2) is 58.6 Å². The van der Waals surface area contributed by atoms with Gasteiger partial charge in [0, 0.05) is 91.3 Å². The van der Waals surface area contributed by atoms with Crippen molar-refractivity contribution in [3.05, 3.63) is 0 Å². The third-order valence-electron chi connectivity index (χ3n) is 43.1. The summed E-state index contributed by atoms with van der Waals surface area (Å²) in [5.41, 5.74) is -5.57. The molecule has 0 aliphatic heterocycles. The first-order valence-electron chi connectivity index (χ1n) is 52.8. The van der Waals surface area contributed by atoms with Crippen molar-refractivity contribution in [1.29, 1.82) is 0 Å². The molecule has 23 N–H and O–H groups in total. The van der Waals surface area contributed by atoms with Crippen molar-refractivity contribution in [3.63, 3.8) is 0 Å². The minimum absolute atomic E-state index is 0.0103. The number of aliphatic hydroxyl groups is 5. The summed E-state index contributed by atoms with van der Waals surface area (Å²) < 4.78 is 186. The fourth-order valence-electron chi connectivity index (χ4n) is 36.6. The number of halogens is 4. The van der Waals surface area contributed by atoms with Crippen LogP contribution in [0.5, 0.6) is 0 Å². The van der Waals surface area contributed by atoms with Crippen LogP contribution in [0.4, 0.5) is 17.6 Å². The molecule has 0 radical (unpaired) electrons. The maximum Gasteiger partial charge on any atom is 0.472 e. The Morgan fingerprint density at radius 1 is 0.297 bits per heavy atom. The van der Waals surface area contributed by atoms with E-state index in [0.717, 1.165) is 0 Å². The lowest BCUT2D eigenvalue weighted by molar-refractivity contribution is -0.283. The first-order chi connectivity index (χ1) is 67.5. The van der Waals surface area contributed by atoms with Crippen molar-refractivity contribution in [3.8, 4) is 0 Å². The summed E-state index contributed by atoms with van der Waals surface area (Å²) in [7, 11) is -34.8. The third-order valence-corrected chi connectivity index (χ3v) is 46.9. The van der Waals surface area contributed by atoms with Crippen molar-refractivity contribution in [1.82, 2.24) is 0 Å². The number of carboxylic acids is 4. The molecule has 148 heavy (non-hydrogen) atoms. The smallest absolute Gasteiger partial charge is 0.472 e. The molecule has 0 saturated heterocycles. The number of aliphatic carboxylic acids is 4. The van der Waals surface area contributed by atoms with Gasteiger partial charge in [-0.05, 0) is 325 Å². The molecule has 16 aliphatic rings. The van der Waals surface area contributed by atoms with E-state index in [-0.39, 0.29) is 167 Å². The molecule has 16 saturated carbocycles. The molecule has 52 heteroatoms. The third kappa shape index (κ3) is 25.1. The Morgan fingerprint density at radius 2 is 0.534 bits per heavy atom. The number of hydrogen-bond donors (Lipinski definition) is 23. The van der Waals surface area contributed by atoms with Crippen LogP contribution in [0.25, 0.3) is 0 Å². The van der Waals surface area contributed by atoms with Crippen LogP contribution in [-0.2, 0) is 82.8 Å². The van der Waals surface area contributed by atoms with Crippen molar-refractivity contribution in [2.24, 2.45) is 185 Å². The van der Waals surface area contributed by atoms with Crippen LogP contribution in [0.3, 0.4) is 0 Å². The summed E-state index contributed by atoms with van der Waals surface area (Å²) in [4.78, 5) is 180. The summed E-state index contributed by atoms with van der Waals surface area (Å²) in [5.74, 6) is -24.1. The lowest BCUT2D eigenvalue weighted by atomic mass is 9.42. The first kappa shape index (κ1) is 123. The Bertz CT molecular complexity index is 5080. The van der Waals surface area contributed by atoms with E-state index in [9.17, 15) is 155 Å². The number of fused-ring (bicyclic) bond motifs is 20. The fraction of sp³-hybridized carbons (Fsp3) is 0.958. The fourth-order valence-corrected chi connectivity index (χ4v) is 40.9. The van der Waals surface area contributed by atoms with E-state index in [1.807, 2.05) is 69.2 Å². The molecule has 0 amide bonds. The van der Waals surface area contributed by atoms with Gasteiger partial charge in [-0.1, -0.05) is 83.1 Å². The monoisotopic (exact) mass is 2260 g/mol. The molecule has 0 heterocycles. The number of aliphatic hydroxyl groups excluding tert-OH is 3. The van der Waals surface area contributed by atoms with Crippen molar-refractivity contribution < 1.29 is 215 Å². The van der Waals surface area contributed by atoms with Crippen LogP contribution in [0.2, 0.25) is 0 Å². The van der Waals surface area contributed by atoms with Crippen LogP contribution in [0, 0.1) is 185 Å². The second-order valence-corrected chi connectivity index (χ2v) is 58.6. The van der Waals surface area contributed by atoms with Crippen LogP contribution in [0.15, 0.2) is 0 Å². The average Bonchev–Trinajstić information content (AvgIpc) is 1.47. The number of hydrogen-bond acceptors (Lipinski definition) is 23. The molecule has 0 spiro atoms. The van der Waals surface area contributed by atoms with E-state index in [4.69, 9.17) is 41.9 Å². The van der Waals surface area contributed by atoms with Crippen LogP contribution in [-0.4, -0.2) is 211 Å². The van der Waals surface area contributed by atoms with Crippen LogP contribution < -0.4 is 0 Å². The Morgan fingerprint density at radius 3 is 0.811 bits per heavy atom. The van der Waals surface area contributed by atoms with Crippen LogP contribution in [0.1, 0.15) is 314 Å². The molecular weight excluding hydrogens is 2100 g/mol. The molecule has 16 fully saturated rings. The number of phosphoric acid groups is 7. The van der Waals surface area contributed by atoms with Gasteiger partial charge in [-0.3, -0.25) is 41.8 Å². The van der Waals surface area contributed by atoms with Crippen LogP contribution >= 0.6 is 54.8 Å². The van der Waals surface area contributed by atoms with Gasteiger partial charge in [0.15, 0.2) is 0 Å². The molecule has 16 aliphatic carbocycles. The van der Waals surface area contributed by atoms with E-state index in [1.165, 1.54) is 0 Å². The Kier molecular flexibility index (Phi) is 36.2. The topological polar surface area (TPSA) is 718 Å². The average molecular weight is 2270 g/mol. The molecule has 856 valence electrons. The zero-order chi connectivity index (χ0) is 111. The van der Waals surface area contributed by atoms with Gasteiger partial charge in [-0.2, -0.15) is 0 Å². The van der Waals surface area contributed by atoms with Gasteiger partial charge in [0.2, 0.25) is 23.4 Å². The van der Waals surface area contributed by atoms with Crippen molar-refractivity contribution in [2.45, 2.75) is 386 Å². The minimum Gasteiger partial charge on any atom is -0.481 e. The van der Waals surface area contributed by atoms with Gasteiger partial charge in [0.1, 0.15) is 0 Å². The standard InChI is InChI=1S/3C24H41FO11P2.C24H40FO8P/c1-13(4-7-20(26)27)16-5-6-17-21-18(11-19(23(16,17)3)36-38(32,33)34)22(2)9-8-15(35-37(29,30)31)10-14(22)12-24(21,25)28;1-13(4-7-20(27)28)16-5-6-17-21-18(11-19(26)23(16,17)3)22(2)9-8-15(35-37(29,30)31)10-14(22)12-24(21,25)36-38(32,33)34;1-13(4-7-20(27)28)16-5-6-17-21-18(11-19(23(16,17)3)35-37(29,30)31)22(2)9-8-15(26)10-14(22)12-24(21,25)36-38(32,33)34;1-13(4-7-20(27)28)16-5-6-17-21-18(11-19(23(16,17)3)33-34(30,31)32)22(2)9-8-15(26)10-14(22)12-24(21,25)29/h13-19,21,28H,4-12H2,1-3H3,(H,26,27)(H2,29,30,31)(H2,32,33,34);2*13-19,21,26H,4-12H2,1-3H3,(H,27,28)(H2,29,30,31)(H2,32,33,34);13-19,21,26,29H,4-12H2,1-3H3,(H,27,28)(H2,30,31,32). The number of rotatable bonds is 30. The molecule has 16 rings (SSSR count). The van der Waals surface area contributed by atoms with Gasteiger partial charge >= 0.3 is 78.6 Å². The highest BCUT2D eigenvalue weighted by Gasteiger charge is 2.78. The van der Waals surface area contributed by atoms with Crippen molar-refractivity contribution in [2.75, 3.05) is 0 Å². The van der Waals surface area contributed by atoms with E-state index < -0.39 is 266 Å². The zero-order valence-corrected chi connectivity index (χ0v) is 92.5. The summed E-state index contributed by atoms with van der Waals surface area (Å²) in [5, 5.41) is 91.4. The maximum absolute atomic E-state index is 17.1. The van der Waals surface area contributed by atoms with E-state index in [0.29, 0.717) is 135 Å². The molecule has 44 unspecified atom stereocenters. The van der Waals surface area contributed by atoms with Gasteiger partial charge in [0.05, 0.1) is 48.8 Å². The Labute approximate surface area is 861 Å². The van der Waals surface area contributed by atoms with Crippen molar-refractivity contribution >= 4 is 78.6 Å². The van der Waals surface area contributed by atoms with E-state index in [1.54, 1.807) is 6.92 Å². The normalized spacial score (nSPS) is 46.9. The second-order valence-electron chi connectivity index (χ2n) is 50.3. The van der Waals surface area contributed by atoms with Gasteiger partial charge in [-0.15, -0.1) is 0 Å². The molecule has 0 bridgehead atoms. The Hall–Kier alpha value is -1.83. The highest BCUT2D eigenvalue weighted by Crippen LogP contribution is 2.80. The summed E-state index contributed by atoms with van der Waals surface area (Å²) in [6, 6.07) is 0. The SMILES string of the molecule is CC(CCC(=O)O)C1CCC2C3C(CC(O)C12C)C1(C)CCC(OP(=O)(O)O)CC1CC3(F)OP(=O)(O)O.CC(CCC(=O)O)C1CCC2C3C(CC(OP(=O)(O)O)C12C)C1(C)CCC(O)CC1CC3(F)OP(=O)(O)O.CC(CCC(=O)O)C1CCC2C3C(CC(OP(=O)(O)O)C12C)C1(C)CCC(O)CC1CC3(O)F.CC(CCC(=O)O)C1CCC2C3C(CC(OP(=O)(O)O)C12C)C1(C)CCC(OP(=O)(O)O)CC1CC3(O)F. The molecule has 0 aromatic carbocycles. The molecule has 44 atom stereocenters.